The standard InChI is InChI=1S/C20H26N4O6/c1-13(2)17(25)29-10-8-21-19(27)23-15-6-5-7-16(12-15)24-20(28)22-9-11-30-18(26)14(3)4/h5-7,12H,1,3,8-11H2,2,4H3,(H2,21,23,27)(H2,22,24,28). The van der Waals surface area contributed by atoms with Crippen molar-refractivity contribution in [3.63, 3.8) is 0 Å². The zero-order valence-corrected chi connectivity index (χ0v) is 17.0. The normalized spacial score (nSPS) is 9.67. The topological polar surface area (TPSA) is 135 Å². The lowest BCUT2D eigenvalue weighted by Gasteiger charge is -2.11. The van der Waals surface area contributed by atoms with Crippen LogP contribution in [0.15, 0.2) is 48.6 Å². The predicted octanol–water partition coefficient (Wildman–Crippen LogP) is 2.17. The second kappa shape index (κ2) is 12.6. The first-order valence-electron chi connectivity index (χ1n) is 9.04. The molecule has 0 saturated heterocycles. The fourth-order valence-corrected chi connectivity index (χ4v) is 1.89. The molecule has 0 radical (unpaired) electrons. The van der Waals surface area contributed by atoms with E-state index in [1.54, 1.807) is 24.3 Å². The maximum Gasteiger partial charge on any atom is 0.333 e. The fraction of sp³-hybridized carbons (Fsp3) is 0.300. The first-order valence-corrected chi connectivity index (χ1v) is 9.04. The Labute approximate surface area is 174 Å². The molecule has 0 unspecified atom stereocenters. The molecule has 0 spiro atoms. The largest absolute Gasteiger partial charge is 0.460 e. The van der Waals surface area contributed by atoms with Gasteiger partial charge in [-0.1, -0.05) is 19.2 Å². The van der Waals surface area contributed by atoms with Crippen LogP contribution in [0.1, 0.15) is 13.8 Å². The Bertz CT molecular complexity index is 758. The third kappa shape index (κ3) is 9.93. The summed E-state index contributed by atoms with van der Waals surface area (Å²) >= 11 is 0. The molecule has 0 aliphatic rings. The zero-order valence-electron chi connectivity index (χ0n) is 17.0. The molecule has 1 aromatic carbocycles. The van der Waals surface area contributed by atoms with Crippen LogP contribution in [0.5, 0.6) is 0 Å². The van der Waals surface area contributed by atoms with E-state index in [1.165, 1.54) is 13.8 Å². The minimum atomic E-state index is -0.525. The Hall–Kier alpha value is -3.82. The number of esters is 2. The number of nitrogens with one attached hydrogen (secondary N) is 4. The lowest BCUT2D eigenvalue weighted by molar-refractivity contribution is -0.139. The Kier molecular flexibility index (Phi) is 10.2. The van der Waals surface area contributed by atoms with Crippen molar-refractivity contribution >= 4 is 35.4 Å². The molecular formula is C20H26N4O6. The molecule has 0 aromatic heterocycles. The van der Waals surface area contributed by atoms with Crippen LogP contribution >= 0.6 is 0 Å². The van der Waals surface area contributed by atoms with Crippen molar-refractivity contribution in [3.8, 4) is 0 Å². The molecule has 0 saturated carbocycles. The molecule has 4 amide bonds. The summed E-state index contributed by atoms with van der Waals surface area (Å²) in [5.74, 6) is -1.05. The van der Waals surface area contributed by atoms with Crippen LogP contribution < -0.4 is 21.3 Å². The van der Waals surface area contributed by atoms with E-state index in [0.717, 1.165) is 0 Å². The van der Waals surface area contributed by atoms with E-state index in [0.29, 0.717) is 11.4 Å². The number of carbonyl (C=O) groups is 4. The van der Waals surface area contributed by atoms with Gasteiger partial charge in [-0.05, 0) is 32.0 Å². The molecule has 162 valence electrons. The third-order valence-electron chi connectivity index (χ3n) is 3.32. The van der Waals surface area contributed by atoms with Crippen LogP contribution in [-0.4, -0.2) is 50.3 Å². The van der Waals surface area contributed by atoms with Gasteiger partial charge in [0.2, 0.25) is 0 Å². The average Bonchev–Trinajstić information content (AvgIpc) is 2.68. The van der Waals surface area contributed by atoms with Gasteiger partial charge < -0.3 is 30.7 Å². The number of ether oxygens (including phenoxy) is 2. The first kappa shape index (κ1) is 24.2. The SMILES string of the molecule is C=C(C)C(=O)OCCNC(=O)Nc1cccc(NC(=O)NCCOC(=O)C(=C)C)c1. The second-order valence-corrected chi connectivity index (χ2v) is 6.18. The van der Waals surface area contributed by atoms with Gasteiger partial charge in [0, 0.05) is 22.5 Å². The first-order chi connectivity index (χ1) is 14.2. The van der Waals surface area contributed by atoms with Gasteiger partial charge in [0.25, 0.3) is 0 Å². The highest BCUT2D eigenvalue weighted by Gasteiger charge is 2.07. The van der Waals surface area contributed by atoms with Gasteiger partial charge in [-0.25, -0.2) is 19.2 Å². The fourth-order valence-electron chi connectivity index (χ4n) is 1.89. The number of hydrogen-bond donors (Lipinski definition) is 4. The number of benzene rings is 1. The lowest BCUT2D eigenvalue weighted by atomic mass is 10.3. The number of carbonyl (C=O) groups excluding carboxylic acids is 4. The molecule has 0 heterocycles. The summed E-state index contributed by atoms with van der Waals surface area (Å²) in [6, 6.07) is 5.49. The van der Waals surface area contributed by atoms with E-state index >= 15 is 0 Å². The van der Waals surface area contributed by atoms with Gasteiger partial charge in [-0.2, -0.15) is 0 Å². The Morgan fingerprint density at radius 2 is 1.20 bits per heavy atom. The Morgan fingerprint density at radius 1 is 0.800 bits per heavy atom. The molecule has 0 aliphatic heterocycles. The van der Waals surface area contributed by atoms with Gasteiger partial charge >= 0.3 is 24.0 Å². The maximum atomic E-state index is 11.9. The molecule has 10 nitrogen and oxygen atoms in total. The molecule has 1 rings (SSSR count). The summed E-state index contributed by atoms with van der Waals surface area (Å²) in [6.07, 6.45) is 0. The zero-order chi connectivity index (χ0) is 22.5. The molecule has 1 aromatic rings. The number of rotatable bonds is 10. The molecule has 10 heteroatoms. The predicted molar refractivity (Wildman–Crippen MR) is 112 cm³/mol. The third-order valence-corrected chi connectivity index (χ3v) is 3.32. The van der Waals surface area contributed by atoms with Crippen LogP contribution in [0.4, 0.5) is 21.0 Å². The quantitative estimate of drug-likeness (QED) is 0.261. The van der Waals surface area contributed by atoms with Crippen molar-refractivity contribution < 1.29 is 28.7 Å². The van der Waals surface area contributed by atoms with Crippen molar-refractivity contribution in [3.05, 3.63) is 48.6 Å². The molecule has 30 heavy (non-hydrogen) atoms. The van der Waals surface area contributed by atoms with E-state index in [2.05, 4.69) is 34.4 Å². The lowest BCUT2D eigenvalue weighted by Crippen LogP contribution is -2.32. The average molecular weight is 418 g/mol. The Balaban J connectivity index is 2.36. The van der Waals surface area contributed by atoms with Crippen molar-refractivity contribution in [2.75, 3.05) is 36.9 Å². The summed E-state index contributed by atoms with van der Waals surface area (Å²) in [5.41, 5.74) is 1.44. The van der Waals surface area contributed by atoms with Crippen LogP contribution in [0.3, 0.4) is 0 Å². The maximum absolute atomic E-state index is 11.9. The summed E-state index contributed by atoms with van der Waals surface area (Å²) < 4.78 is 9.73. The number of anilines is 2. The van der Waals surface area contributed by atoms with E-state index in [-0.39, 0.29) is 37.4 Å². The number of amides is 4. The smallest absolute Gasteiger partial charge is 0.333 e. The van der Waals surface area contributed by atoms with Gasteiger partial charge in [0.15, 0.2) is 0 Å². The summed E-state index contributed by atoms with van der Waals surface area (Å²) in [4.78, 5) is 46.2. The van der Waals surface area contributed by atoms with Crippen LogP contribution in [0.25, 0.3) is 0 Å². The summed E-state index contributed by atoms with van der Waals surface area (Å²) in [7, 11) is 0. The van der Waals surface area contributed by atoms with Crippen LogP contribution in [0, 0.1) is 0 Å². The highest BCUT2D eigenvalue weighted by Crippen LogP contribution is 2.14. The van der Waals surface area contributed by atoms with Crippen LogP contribution in [0.2, 0.25) is 0 Å². The van der Waals surface area contributed by atoms with Crippen molar-refractivity contribution in [1.29, 1.82) is 0 Å². The Morgan fingerprint density at radius 3 is 1.57 bits per heavy atom. The van der Waals surface area contributed by atoms with Gasteiger partial charge in [-0.15, -0.1) is 0 Å². The van der Waals surface area contributed by atoms with E-state index in [4.69, 9.17) is 9.47 Å². The molecule has 0 fully saturated rings. The number of hydrogen-bond acceptors (Lipinski definition) is 6. The molecule has 4 N–H and O–H groups in total. The molecule has 0 atom stereocenters. The highest BCUT2D eigenvalue weighted by atomic mass is 16.5. The van der Waals surface area contributed by atoms with E-state index in [9.17, 15) is 19.2 Å². The minimum Gasteiger partial charge on any atom is -0.460 e. The highest BCUT2D eigenvalue weighted by molar-refractivity contribution is 5.93. The van der Waals surface area contributed by atoms with E-state index < -0.39 is 24.0 Å². The molecule has 0 bridgehead atoms. The van der Waals surface area contributed by atoms with Gasteiger partial charge in [0.1, 0.15) is 13.2 Å². The minimum absolute atomic E-state index is 0.0164. The summed E-state index contributed by atoms with van der Waals surface area (Å²) in [5, 5.41) is 10.3. The van der Waals surface area contributed by atoms with Crippen LogP contribution in [-0.2, 0) is 19.1 Å². The summed E-state index contributed by atoms with van der Waals surface area (Å²) in [6.45, 7) is 10.3. The molecular weight excluding hydrogens is 392 g/mol. The van der Waals surface area contributed by atoms with Crippen molar-refractivity contribution in [2.45, 2.75) is 13.8 Å². The van der Waals surface area contributed by atoms with Crippen molar-refractivity contribution in [2.24, 2.45) is 0 Å². The second-order valence-electron chi connectivity index (χ2n) is 6.18. The van der Waals surface area contributed by atoms with Gasteiger partial charge in [-0.3, -0.25) is 0 Å². The van der Waals surface area contributed by atoms with Gasteiger partial charge in [0.05, 0.1) is 13.1 Å². The number of urea groups is 2. The molecule has 0 aliphatic carbocycles. The monoisotopic (exact) mass is 418 g/mol. The van der Waals surface area contributed by atoms with Crippen molar-refractivity contribution in [1.82, 2.24) is 10.6 Å². The van der Waals surface area contributed by atoms with E-state index in [1.807, 2.05) is 0 Å².